The minimum absolute atomic E-state index is 0.0958. The number of benzene rings is 3. The lowest BCUT2D eigenvalue weighted by Gasteiger charge is -2.23. The third-order valence-corrected chi connectivity index (χ3v) is 6.54. The summed E-state index contributed by atoms with van der Waals surface area (Å²) in [6, 6.07) is 23.2. The number of hydrogen-bond donors (Lipinski definition) is 0. The van der Waals surface area contributed by atoms with Crippen LogP contribution in [0.2, 0.25) is 5.02 Å². The molecule has 0 N–H and O–H groups in total. The Morgan fingerprint density at radius 3 is 1.90 bits per heavy atom. The third-order valence-electron chi connectivity index (χ3n) is 6.28. The molecule has 6 nitrogen and oxygen atoms in total. The zero-order valence-electron chi connectivity index (χ0n) is 23.2. The van der Waals surface area contributed by atoms with Gasteiger partial charge in [-0.1, -0.05) is 74.0 Å². The van der Waals surface area contributed by atoms with Crippen LogP contribution >= 0.6 is 11.6 Å². The van der Waals surface area contributed by atoms with Crippen molar-refractivity contribution >= 4 is 23.5 Å². The van der Waals surface area contributed by atoms with Crippen molar-refractivity contribution < 1.29 is 23.8 Å². The van der Waals surface area contributed by atoms with Gasteiger partial charge in [-0.25, -0.2) is 4.79 Å². The Morgan fingerprint density at radius 2 is 1.36 bits per heavy atom. The van der Waals surface area contributed by atoms with Gasteiger partial charge >= 0.3 is 5.97 Å². The summed E-state index contributed by atoms with van der Waals surface area (Å²) in [4.78, 5) is 27.2. The number of ether oxygens (including phenoxy) is 3. The predicted octanol–water partition coefficient (Wildman–Crippen LogP) is 6.58. The molecule has 7 heteroatoms. The van der Waals surface area contributed by atoms with Gasteiger partial charge in [0.25, 0.3) is 5.91 Å². The molecular formula is C32H38ClNO5. The van der Waals surface area contributed by atoms with Crippen molar-refractivity contribution in [2.45, 2.75) is 59.2 Å². The fourth-order valence-corrected chi connectivity index (χ4v) is 4.22. The second kappa shape index (κ2) is 15.3. The van der Waals surface area contributed by atoms with Gasteiger partial charge < -0.3 is 19.1 Å². The zero-order chi connectivity index (χ0) is 28.2. The number of carbonyl (C=O) groups excluding carboxylic acids is 2. The fraction of sp³-hybridized carbons (Fsp3) is 0.375. The van der Waals surface area contributed by atoms with E-state index in [0.29, 0.717) is 49.4 Å². The average molecular weight is 552 g/mol. The highest BCUT2D eigenvalue weighted by Crippen LogP contribution is 2.19. The third kappa shape index (κ3) is 9.72. The van der Waals surface area contributed by atoms with Crippen LogP contribution in [0, 0.1) is 0 Å². The standard InChI is InChI=1S/C32H38ClNO5/c1-5-37-30(32(36)38-6-2)19-24-11-17-29(18-12-24)39-22-31(35)34(21-26-9-15-28(33)16-10-26)20-25-7-13-27(14-8-25)23(3)4/h7-18,23,30H,5-6,19-22H2,1-4H3/t30-/m0/s1. The summed E-state index contributed by atoms with van der Waals surface area (Å²) in [5, 5.41) is 0.655. The van der Waals surface area contributed by atoms with Crippen LogP contribution < -0.4 is 4.74 Å². The minimum Gasteiger partial charge on any atom is -0.484 e. The quantitative estimate of drug-likeness (QED) is 0.212. The van der Waals surface area contributed by atoms with Crippen LogP contribution in [0.1, 0.15) is 55.9 Å². The maximum absolute atomic E-state index is 13.3. The highest BCUT2D eigenvalue weighted by Gasteiger charge is 2.21. The fourth-order valence-electron chi connectivity index (χ4n) is 4.09. The van der Waals surface area contributed by atoms with Gasteiger partial charge in [0.2, 0.25) is 0 Å². The van der Waals surface area contributed by atoms with E-state index in [1.54, 1.807) is 24.0 Å². The van der Waals surface area contributed by atoms with Crippen LogP contribution in [0.25, 0.3) is 0 Å². The van der Waals surface area contributed by atoms with Crippen LogP contribution in [-0.4, -0.2) is 42.7 Å². The summed E-state index contributed by atoms with van der Waals surface area (Å²) in [5.41, 5.74) is 4.21. The van der Waals surface area contributed by atoms with Crippen LogP contribution in [0.3, 0.4) is 0 Å². The van der Waals surface area contributed by atoms with Crippen LogP contribution in [-0.2, 0) is 38.6 Å². The minimum atomic E-state index is -0.653. The normalized spacial score (nSPS) is 11.7. The van der Waals surface area contributed by atoms with Gasteiger partial charge in [0.15, 0.2) is 12.7 Å². The first-order chi connectivity index (χ1) is 18.8. The van der Waals surface area contributed by atoms with Gasteiger partial charge in [0, 0.05) is 31.1 Å². The highest BCUT2D eigenvalue weighted by atomic mass is 35.5. The maximum atomic E-state index is 13.3. The number of amides is 1. The summed E-state index contributed by atoms with van der Waals surface area (Å²) in [6.07, 6.45) is -0.254. The monoisotopic (exact) mass is 551 g/mol. The smallest absolute Gasteiger partial charge is 0.335 e. The Kier molecular flexibility index (Phi) is 11.8. The van der Waals surface area contributed by atoms with Gasteiger partial charge in [0.1, 0.15) is 5.75 Å². The summed E-state index contributed by atoms with van der Waals surface area (Å²) >= 11 is 6.05. The molecule has 3 aromatic carbocycles. The molecule has 0 spiro atoms. The van der Waals surface area contributed by atoms with Crippen molar-refractivity contribution in [1.82, 2.24) is 4.90 Å². The molecule has 0 saturated carbocycles. The largest absolute Gasteiger partial charge is 0.484 e. The Hall–Kier alpha value is -3.35. The van der Waals surface area contributed by atoms with Gasteiger partial charge in [-0.15, -0.1) is 0 Å². The molecule has 0 saturated heterocycles. The number of hydrogen-bond acceptors (Lipinski definition) is 5. The lowest BCUT2D eigenvalue weighted by molar-refractivity contribution is -0.156. The van der Waals surface area contributed by atoms with Crippen molar-refractivity contribution in [1.29, 1.82) is 0 Å². The molecule has 0 aliphatic heterocycles. The van der Waals surface area contributed by atoms with E-state index in [-0.39, 0.29) is 18.5 Å². The molecule has 39 heavy (non-hydrogen) atoms. The first-order valence-electron chi connectivity index (χ1n) is 13.4. The predicted molar refractivity (Wildman–Crippen MR) is 154 cm³/mol. The molecule has 1 amide bonds. The highest BCUT2D eigenvalue weighted by molar-refractivity contribution is 6.30. The molecule has 3 aromatic rings. The van der Waals surface area contributed by atoms with Crippen molar-refractivity contribution in [3.8, 4) is 5.75 Å². The molecule has 1 atom stereocenters. The zero-order valence-corrected chi connectivity index (χ0v) is 23.9. The average Bonchev–Trinajstić information content (AvgIpc) is 2.93. The van der Waals surface area contributed by atoms with Gasteiger partial charge in [-0.2, -0.15) is 0 Å². The van der Waals surface area contributed by atoms with Crippen LogP contribution in [0.5, 0.6) is 5.75 Å². The molecule has 0 aliphatic carbocycles. The van der Waals surface area contributed by atoms with E-state index in [9.17, 15) is 9.59 Å². The lowest BCUT2D eigenvalue weighted by Crippen LogP contribution is -2.34. The van der Waals surface area contributed by atoms with Crippen molar-refractivity contribution in [2.75, 3.05) is 19.8 Å². The Balaban J connectivity index is 1.65. The van der Waals surface area contributed by atoms with Crippen molar-refractivity contribution in [3.63, 3.8) is 0 Å². The molecule has 0 unspecified atom stereocenters. The molecule has 0 radical (unpaired) electrons. The van der Waals surface area contributed by atoms with E-state index < -0.39 is 6.10 Å². The Bertz CT molecular complexity index is 1180. The van der Waals surface area contributed by atoms with Crippen molar-refractivity contribution in [3.05, 3.63) is 100 Å². The first-order valence-corrected chi connectivity index (χ1v) is 13.8. The first kappa shape index (κ1) is 30.2. The number of nitrogens with zero attached hydrogens (tertiary/aromatic N) is 1. The Labute approximate surface area is 236 Å². The lowest BCUT2D eigenvalue weighted by atomic mass is 10.0. The number of halogens is 1. The maximum Gasteiger partial charge on any atom is 0.335 e. The van der Waals surface area contributed by atoms with E-state index in [2.05, 4.69) is 38.1 Å². The van der Waals surface area contributed by atoms with E-state index in [1.807, 2.05) is 43.3 Å². The van der Waals surface area contributed by atoms with Gasteiger partial charge in [-0.3, -0.25) is 4.79 Å². The van der Waals surface area contributed by atoms with E-state index >= 15 is 0 Å². The summed E-state index contributed by atoms with van der Waals surface area (Å²) in [7, 11) is 0. The molecular weight excluding hydrogens is 514 g/mol. The SMILES string of the molecule is CCOC(=O)[C@H](Cc1ccc(OCC(=O)N(Cc2ccc(Cl)cc2)Cc2ccc(C(C)C)cc2)cc1)OCC. The molecule has 0 bridgehead atoms. The summed E-state index contributed by atoms with van der Waals surface area (Å²) in [5.74, 6) is 0.523. The Morgan fingerprint density at radius 1 is 0.795 bits per heavy atom. The van der Waals surface area contributed by atoms with Crippen LogP contribution in [0.4, 0.5) is 0 Å². The molecule has 0 heterocycles. The molecule has 0 aliphatic rings. The second-order valence-corrected chi connectivity index (χ2v) is 10.0. The van der Waals surface area contributed by atoms with Gasteiger partial charge in [0.05, 0.1) is 6.61 Å². The van der Waals surface area contributed by atoms with E-state index in [1.165, 1.54) is 5.56 Å². The van der Waals surface area contributed by atoms with E-state index in [4.69, 9.17) is 25.8 Å². The van der Waals surface area contributed by atoms with Crippen molar-refractivity contribution in [2.24, 2.45) is 0 Å². The number of esters is 1. The second-order valence-electron chi connectivity index (χ2n) is 9.61. The summed E-state index contributed by atoms with van der Waals surface area (Å²) in [6.45, 7) is 9.47. The topological polar surface area (TPSA) is 65.1 Å². The number of carbonyl (C=O) groups is 2. The van der Waals surface area contributed by atoms with Crippen LogP contribution in [0.15, 0.2) is 72.8 Å². The molecule has 0 fully saturated rings. The van der Waals surface area contributed by atoms with E-state index in [0.717, 1.165) is 16.7 Å². The molecule has 0 aromatic heterocycles. The molecule has 208 valence electrons. The number of rotatable bonds is 14. The molecule has 3 rings (SSSR count). The van der Waals surface area contributed by atoms with Gasteiger partial charge in [-0.05, 0) is 66.3 Å². The summed E-state index contributed by atoms with van der Waals surface area (Å²) < 4.78 is 16.5.